The Bertz CT molecular complexity index is 709. The molecule has 0 fully saturated rings. The molecule has 0 radical (unpaired) electrons. The zero-order valence-electron chi connectivity index (χ0n) is 10.7. The smallest absolute Gasteiger partial charge is 0.261 e. The van der Waals surface area contributed by atoms with Crippen molar-refractivity contribution in [2.45, 2.75) is 0 Å². The summed E-state index contributed by atoms with van der Waals surface area (Å²) in [5.74, 6) is -0.118. The van der Waals surface area contributed by atoms with Crippen molar-refractivity contribution in [2.75, 3.05) is 17.7 Å². The third-order valence-electron chi connectivity index (χ3n) is 2.78. The second kappa shape index (κ2) is 5.72. The molecule has 0 unspecified atom stereocenters. The van der Waals surface area contributed by atoms with Gasteiger partial charge in [-0.05, 0) is 40.2 Å². The van der Waals surface area contributed by atoms with Gasteiger partial charge >= 0.3 is 0 Å². The zero-order chi connectivity index (χ0) is 14.7. The second-order valence-corrected chi connectivity index (χ2v) is 5.03. The van der Waals surface area contributed by atoms with Crippen LogP contribution in [0.1, 0.15) is 15.9 Å². The van der Waals surface area contributed by atoms with E-state index in [1.54, 1.807) is 37.4 Å². The van der Waals surface area contributed by atoms with Gasteiger partial charge in [0.15, 0.2) is 0 Å². The van der Waals surface area contributed by atoms with Crippen molar-refractivity contribution in [3.8, 4) is 6.07 Å². The minimum atomic E-state index is -0.286. The van der Waals surface area contributed by atoms with Crippen molar-refractivity contribution in [3.05, 3.63) is 52.1 Å². The summed E-state index contributed by atoms with van der Waals surface area (Å²) in [6.45, 7) is 0. The van der Waals surface area contributed by atoms with Crippen LogP contribution in [0, 0.1) is 11.3 Å². The summed E-state index contributed by atoms with van der Waals surface area (Å²) in [4.78, 5) is 17.8. The van der Waals surface area contributed by atoms with Crippen LogP contribution in [0.15, 0.2) is 41.0 Å². The van der Waals surface area contributed by atoms with Crippen LogP contribution in [0.5, 0.6) is 0 Å². The van der Waals surface area contributed by atoms with E-state index in [2.05, 4.69) is 20.9 Å². The molecular weight excluding hydrogens is 320 g/mol. The Morgan fingerprint density at radius 2 is 2.20 bits per heavy atom. The third-order valence-corrected chi connectivity index (χ3v) is 3.22. The molecule has 0 saturated heterocycles. The molecule has 20 heavy (non-hydrogen) atoms. The normalized spacial score (nSPS) is 9.85. The number of hydrogen-bond donors (Lipinski definition) is 1. The fourth-order valence-electron chi connectivity index (χ4n) is 1.70. The fourth-order valence-corrected chi connectivity index (χ4v) is 2.03. The molecular formula is C14H11BrN4O. The molecule has 0 atom stereocenters. The number of aromatic nitrogens is 1. The van der Waals surface area contributed by atoms with Gasteiger partial charge in [0.2, 0.25) is 0 Å². The van der Waals surface area contributed by atoms with E-state index in [0.29, 0.717) is 21.3 Å². The van der Waals surface area contributed by atoms with Gasteiger partial charge in [-0.2, -0.15) is 5.26 Å². The standard InChI is InChI=1S/C14H11BrN4O/c1-19(11-4-2-3-9(5-11)7-16)14(20)12-6-10(15)8-18-13(12)17/h2-6,8H,1H3,(H2,17,18). The number of pyridine rings is 1. The maximum absolute atomic E-state index is 12.4. The number of nitrogens with two attached hydrogens (primary N) is 1. The molecule has 0 saturated carbocycles. The van der Waals surface area contributed by atoms with Gasteiger partial charge in [-0.1, -0.05) is 6.07 Å². The van der Waals surface area contributed by atoms with E-state index in [9.17, 15) is 4.79 Å². The zero-order valence-corrected chi connectivity index (χ0v) is 12.3. The average molecular weight is 331 g/mol. The molecule has 1 aromatic carbocycles. The molecule has 5 nitrogen and oxygen atoms in total. The Morgan fingerprint density at radius 1 is 1.45 bits per heavy atom. The molecule has 0 spiro atoms. The van der Waals surface area contributed by atoms with Crippen LogP contribution >= 0.6 is 15.9 Å². The lowest BCUT2D eigenvalue weighted by Crippen LogP contribution is -2.27. The predicted octanol–water partition coefficient (Wildman–Crippen LogP) is 2.57. The quantitative estimate of drug-likeness (QED) is 0.917. The number of carbonyl (C=O) groups is 1. The minimum absolute atomic E-state index is 0.168. The highest BCUT2D eigenvalue weighted by Gasteiger charge is 2.17. The molecule has 6 heteroatoms. The van der Waals surface area contributed by atoms with E-state index in [1.165, 1.54) is 11.1 Å². The molecule has 2 N–H and O–H groups in total. The van der Waals surface area contributed by atoms with Crippen molar-refractivity contribution >= 4 is 33.3 Å². The molecule has 1 aromatic heterocycles. The van der Waals surface area contributed by atoms with E-state index in [-0.39, 0.29) is 11.7 Å². The first-order valence-electron chi connectivity index (χ1n) is 5.72. The molecule has 2 aromatic rings. The highest BCUT2D eigenvalue weighted by Crippen LogP contribution is 2.21. The monoisotopic (exact) mass is 330 g/mol. The summed E-state index contributed by atoms with van der Waals surface area (Å²) < 4.78 is 0.675. The number of carbonyl (C=O) groups excluding carboxylic acids is 1. The van der Waals surface area contributed by atoms with E-state index < -0.39 is 0 Å². The highest BCUT2D eigenvalue weighted by molar-refractivity contribution is 9.10. The summed E-state index contributed by atoms with van der Waals surface area (Å²) in [6, 6.07) is 10.4. The van der Waals surface area contributed by atoms with Crippen molar-refractivity contribution in [1.29, 1.82) is 5.26 Å². The number of rotatable bonds is 2. The average Bonchev–Trinajstić information content (AvgIpc) is 2.48. The van der Waals surface area contributed by atoms with Gasteiger partial charge in [-0.25, -0.2) is 4.98 Å². The second-order valence-electron chi connectivity index (χ2n) is 4.11. The van der Waals surface area contributed by atoms with E-state index in [4.69, 9.17) is 11.0 Å². The van der Waals surface area contributed by atoms with Gasteiger partial charge in [0.1, 0.15) is 5.82 Å². The maximum atomic E-state index is 12.4. The van der Waals surface area contributed by atoms with Gasteiger partial charge in [0, 0.05) is 23.4 Å². The summed E-state index contributed by atoms with van der Waals surface area (Å²) in [7, 11) is 1.62. The highest BCUT2D eigenvalue weighted by atomic mass is 79.9. The summed E-state index contributed by atoms with van der Waals surface area (Å²) in [5, 5.41) is 8.89. The maximum Gasteiger partial charge on any atom is 0.261 e. The number of benzene rings is 1. The van der Waals surface area contributed by atoms with Gasteiger partial charge in [0.25, 0.3) is 5.91 Å². The van der Waals surface area contributed by atoms with Gasteiger partial charge in [0.05, 0.1) is 17.2 Å². The largest absolute Gasteiger partial charge is 0.383 e. The van der Waals surface area contributed by atoms with Crippen molar-refractivity contribution in [1.82, 2.24) is 4.98 Å². The lowest BCUT2D eigenvalue weighted by Gasteiger charge is -2.18. The number of nitrogen functional groups attached to an aromatic ring is 1. The van der Waals surface area contributed by atoms with Crippen molar-refractivity contribution in [2.24, 2.45) is 0 Å². The molecule has 0 aliphatic carbocycles. The Hall–Kier alpha value is -2.39. The van der Waals surface area contributed by atoms with Crippen LogP contribution in [0.2, 0.25) is 0 Å². The summed E-state index contributed by atoms with van der Waals surface area (Å²) in [6.07, 6.45) is 1.53. The van der Waals surface area contributed by atoms with Crippen LogP contribution in [-0.2, 0) is 0 Å². The summed E-state index contributed by atoms with van der Waals surface area (Å²) in [5.41, 5.74) is 7.15. The number of hydrogen-bond acceptors (Lipinski definition) is 4. The van der Waals surface area contributed by atoms with E-state index in [1.807, 2.05) is 6.07 Å². The fraction of sp³-hybridized carbons (Fsp3) is 0.0714. The Labute approximate surface area is 124 Å². The van der Waals surface area contributed by atoms with Crippen LogP contribution in [-0.4, -0.2) is 17.9 Å². The first-order chi connectivity index (χ1) is 9.52. The number of anilines is 2. The van der Waals surface area contributed by atoms with Crippen LogP contribution < -0.4 is 10.6 Å². The molecule has 2 rings (SSSR count). The van der Waals surface area contributed by atoms with Crippen molar-refractivity contribution in [3.63, 3.8) is 0 Å². The first kappa shape index (κ1) is 14.0. The SMILES string of the molecule is CN(C(=O)c1cc(Br)cnc1N)c1cccc(C#N)c1. The molecule has 0 bridgehead atoms. The van der Waals surface area contributed by atoms with Crippen LogP contribution in [0.4, 0.5) is 11.5 Å². The van der Waals surface area contributed by atoms with E-state index in [0.717, 1.165) is 0 Å². The molecule has 0 aliphatic heterocycles. The lowest BCUT2D eigenvalue weighted by atomic mass is 10.1. The predicted molar refractivity (Wildman–Crippen MR) is 80.2 cm³/mol. The molecule has 0 aliphatic rings. The third kappa shape index (κ3) is 2.78. The lowest BCUT2D eigenvalue weighted by molar-refractivity contribution is 0.0993. The van der Waals surface area contributed by atoms with Gasteiger partial charge in [-0.3, -0.25) is 4.79 Å². The van der Waals surface area contributed by atoms with Gasteiger partial charge in [-0.15, -0.1) is 0 Å². The Morgan fingerprint density at radius 3 is 2.90 bits per heavy atom. The molecule has 100 valence electrons. The van der Waals surface area contributed by atoms with Gasteiger partial charge < -0.3 is 10.6 Å². The van der Waals surface area contributed by atoms with E-state index >= 15 is 0 Å². The number of amides is 1. The van der Waals surface area contributed by atoms with Crippen molar-refractivity contribution < 1.29 is 4.79 Å². The number of halogens is 1. The minimum Gasteiger partial charge on any atom is -0.383 e. The Kier molecular flexibility index (Phi) is 4.01. The summed E-state index contributed by atoms with van der Waals surface area (Å²) >= 11 is 3.26. The molecule has 1 heterocycles. The number of nitriles is 1. The molecule has 1 amide bonds. The number of nitrogens with zero attached hydrogens (tertiary/aromatic N) is 3. The Balaban J connectivity index is 2.37. The van der Waals surface area contributed by atoms with Crippen LogP contribution in [0.25, 0.3) is 0 Å². The van der Waals surface area contributed by atoms with Crippen LogP contribution in [0.3, 0.4) is 0 Å². The topological polar surface area (TPSA) is 83.0 Å². The first-order valence-corrected chi connectivity index (χ1v) is 6.51.